The molecular formula is C24H35FN2O3. The van der Waals surface area contributed by atoms with Gasteiger partial charge in [-0.05, 0) is 89.1 Å². The Labute approximate surface area is 178 Å². The molecule has 1 aromatic carbocycles. The van der Waals surface area contributed by atoms with Gasteiger partial charge in [0.05, 0.1) is 23.9 Å². The second kappa shape index (κ2) is 7.73. The third-order valence-electron chi connectivity index (χ3n) is 7.93. The Bertz CT molecular complexity index is 762. The first kappa shape index (κ1) is 20.7. The van der Waals surface area contributed by atoms with Gasteiger partial charge < -0.3 is 19.9 Å². The van der Waals surface area contributed by atoms with Crippen LogP contribution in [0.3, 0.4) is 0 Å². The summed E-state index contributed by atoms with van der Waals surface area (Å²) in [5, 5.41) is 13.5. The SMILES string of the molecule is CC(C)(O)C1CC(Oc2ccc(F)cc2C2CCN([C@@H]3COC4(CNC4)C3)CC2)C1. The number of benzene rings is 1. The van der Waals surface area contributed by atoms with Gasteiger partial charge in [-0.2, -0.15) is 0 Å². The number of hydrogen-bond acceptors (Lipinski definition) is 5. The summed E-state index contributed by atoms with van der Waals surface area (Å²) in [5.74, 6) is 1.25. The number of nitrogens with zero attached hydrogens (tertiary/aromatic N) is 1. The molecule has 2 N–H and O–H groups in total. The van der Waals surface area contributed by atoms with Crippen LogP contribution in [0.4, 0.5) is 4.39 Å². The molecule has 3 heterocycles. The first-order valence-electron chi connectivity index (χ1n) is 11.6. The zero-order valence-corrected chi connectivity index (χ0v) is 18.2. The van der Waals surface area contributed by atoms with Crippen LogP contribution in [0.15, 0.2) is 18.2 Å². The summed E-state index contributed by atoms with van der Waals surface area (Å²) < 4.78 is 26.5. The molecule has 1 saturated carbocycles. The monoisotopic (exact) mass is 418 g/mol. The lowest BCUT2D eigenvalue weighted by Gasteiger charge is -2.43. The van der Waals surface area contributed by atoms with Crippen molar-refractivity contribution in [1.29, 1.82) is 0 Å². The highest BCUT2D eigenvalue weighted by atomic mass is 19.1. The number of nitrogens with one attached hydrogen (secondary N) is 1. The van der Waals surface area contributed by atoms with Crippen LogP contribution in [0, 0.1) is 11.7 Å². The van der Waals surface area contributed by atoms with Crippen LogP contribution in [0.2, 0.25) is 0 Å². The van der Waals surface area contributed by atoms with Gasteiger partial charge in [0.2, 0.25) is 0 Å². The van der Waals surface area contributed by atoms with Gasteiger partial charge in [-0.15, -0.1) is 0 Å². The molecule has 1 aromatic rings. The Morgan fingerprint density at radius 3 is 2.57 bits per heavy atom. The normalized spacial score (nSPS) is 32.1. The van der Waals surface area contributed by atoms with Crippen LogP contribution < -0.4 is 10.1 Å². The number of likely N-dealkylation sites (tertiary alicyclic amines) is 1. The predicted octanol–water partition coefficient (Wildman–Crippen LogP) is 3.06. The molecule has 5 nitrogen and oxygen atoms in total. The fourth-order valence-corrected chi connectivity index (χ4v) is 5.64. The Kier molecular flexibility index (Phi) is 5.33. The van der Waals surface area contributed by atoms with E-state index in [1.165, 1.54) is 6.07 Å². The van der Waals surface area contributed by atoms with E-state index in [1.54, 1.807) is 12.1 Å². The summed E-state index contributed by atoms with van der Waals surface area (Å²) in [4.78, 5) is 2.57. The quantitative estimate of drug-likeness (QED) is 0.770. The number of ether oxygens (including phenoxy) is 2. The van der Waals surface area contributed by atoms with Crippen molar-refractivity contribution >= 4 is 0 Å². The van der Waals surface area contributed by atoms with Gasteiger partial charge in [-0.3, -0.25) is 4.90 Å². The molecule has 5 rings (SSSR count). The van der Waals surface area contributed by atoms with Gasteiger partial charge in [0.25, 0.3) is 0 Å². The molecule has 0 bridgehead atoms. The van der Waals surface area contributed by atoms with Crippen LogP contribution in [-0.4, -0.2) is 66.1 Å². The molecule has 30 heavy (non-hydrogen) atoms. The maximum Gasteiger partial charge on any atom is 0.123 e. The molecule has 4 fully saturated rings. The second-order valence-electron chi connectivity index (χ2n) is 10.5. The van der Waals surface area contributed by atoms with E-state index >= 15 is 0 Å². The summed E-state index contributed by atoms with van der Waals surface area (Å²) >= 11 is 0. The molecule has 3 aliphatic heterocycles. The van der Waals surface area contributed by atoms with E-state index in [4.69, 9.17) is 9.47 Å². The number of hydrogen-bond donors (Lipinski definition) is 2. The lowest BCUT2D eigenvalue weighted by molar-refractivity contribution is -0.0676. The van der Waals surface area contributed by atoms with Crippen molar-refractivity contribution in [2.45, 2.75) is 75.2 Å². The maximum absolute atomic E-state index is 14.1. The Hall–Kier alpha value is -1.21. The van der Waals surface area contributed by atoms with E-state index in [0.717, 1.165) is 76.2 Å². The number of aliphatic hydroxyl groups is 1. The topological polar surface area (TPSA) is 54.0 Å². The maximum atomic E-state index is 14.1. The van der Waals surface area contributed by atoms with E-state index in [-0.39, 0.29) is 23.4 Å². The van der Waals surface area contributed by atoms with Gasteiger partial charge in [0.1, 0.15) is 11.6 Å². The van der Waals surface area contributed by atoms with Crippen molar-refractivity contribution in [2.24, 2.45) is 5.92 Å². The van der Waals surface area contributed by atoms with Gasteiger partial charge in [0.15, 0.2) is 0 Å². The largest absolute Gasteiger partial charge is 0.490 e. The number of piperidine rings is 1. The minimum Gasteiger partial charge on any atom is -0.490 e. The number of rotatable bonds is 5. The first-order chi connectivity index (χ1) is 14.3. The van der Waals surface area contributed by atoms with Crippen LogP contribution >= 0.6 is 0 Å². The Balaban J connectivity index is 1.19. The van der Waals surface area contributed by atoms with Gasteiger partial charge in [0, 0.05) is 24.7 Å². The average molecular weight is 419 g/mol. The molecule has 166 valence electrons. The zero-order chi connectivity index (χ0) is 20.9. The smallest absolute Gasteiger partial charge is 0.123 e. The zero-order valence-electron chi connectivity index (χ0n) is 18.2. The third-order valence-corrected chi connectivity index (χ3v) is 7.93. The summed E-state index contributed by atoms with van der Waals surface area (Å²) in [6.45, 7) is 8.60. The molecule has 1 atom stereocenters. The Morgan fingerprint density at radius 1 is 1.23 bits per heavy atom. The van der Waals surface area contributed by atoms with Crippen LogP contribution in [-0.2, 0) is 4.74 Å². The molecule has 6 heteroatoms. The van der Waals surface area contributed by atoms with Gasteiger partial charge >= 0.3 is 0 Å². The molecule has 0 aromatic heterocycles. The highest BCUT2D eigenvalue weighted by molar-refractivity contribution is 5.37. The predicted molar refractivity (Wildman–Crippen MR) is 113 cm³/mol. The molecule has 0 amide bonds. The van der Waals surface area contributed by atoms with Crippen molar-refractivity contribution < 1.29 is 19.0 Å². The third kappa shape index (κ3) is 3.99. The standard InChI is InChI=1S/C24H35FN2O3/c1-23(2,28)17-9-20(10-17)30-22-4-3-18(25)11-21(22)16-5-7-27(8-6-16)19-12-24(29-13-19)14-26-15-24/h3-4,11,16-17,19-20,26,28H,5-10,12-15H2,1-2H3/t17?,19-,20?/m0/s1. The van der Waals surface area contributed by atoms with Gasteiger partial charge in [-0.25, -0.2) is 4.39 Å². The van der Waals surface area contributed by atoms with Gasteiger partial charge in [-0.1, -0.05) is 0 Å². The van der Waals surface area contributed by atoms with Crippen molar-refractivity contribution in [3.63, 3.8) is 0 Å². The first-order valence-corrected chi connectivity index (χ1v) is 11.6. The molecule has 4 aliphatic rings. The molecule has 1 aliphatic carbocycles. The molecule has 0 unspecified atom stereocenters. The average Bonchev–Trinajstić information content (AvgIpc) is 3.11. The number of halogens is 1. The van der Waals surface area contributed by atoms with E-state index in [1.807, 2.05) is 13.8 Å². The fraction of sp³-hybridized carbons (Fsp3) is 0.750. The van der Waals surface area contributed by atoms with Crippen LogP contribution in [0.1, 0.15) is 57.4 Å². The van der Waals surface area contributed by atoms with Crippen LogP contribution in [0.5, 0.6) is 5.75 Å². The van der Waals surface area contributed by atoms with E-state index in [2.05, 4.69) is 10.2 Å². The molecule has 0 radical (unpaired) electrons. The molecule has 3 saturated heterocycles. The fourth-order valence-electron chi connectivity index (χ4n) is 5.64. The summed E-state index contributed by atoms with van der Waals surface area (Å²) in [7, 11) is 0. The highest BCUT2D eigenvalue weighted by Crippen LogP contribution is 2.42. The molecular weight excluding hydrogens is 383 g/mol. The van der Waals surface area contributed by atoms with Crippen molar-refractivity contribution in [2.75, 3.05) is 32.8 Å². The minimum atomic E-state index is -0.656. The Morgan fingerprint density at radius 2 is 1.97 bits per heavy atom. The van der Waals surface area contributed by atoms with E-state index in [9.17, 15) is 9.50 Å². The highest BCUT2D eigenvalue weighted by Gasteiger charge is 2.47. The summed E-state index contributed by atoms with van der Waals surface area (Å²) in [6.07, 6.45) is 5.02. The van der Waals surface area contributed by atoms with Crippen LogP contribution in [0.25, 0.3) is 0 Å². The second-order valence-corrected chi connectivity index (χ2v) is 10.5. The van der Waals surface area contributed by atoms with E-state index < -0.39 is 5.60 Å². The lowest BCUT2D eigenvalue weighted by atomic mass is 9.72. The minimum absolute atomic E-state index is 0.0921. The lowest BCUT2D eigenvalue weighted by Crippen LogP contribution is -2.59. The summed E-state index contributed by atoms with van der Waals surface area (Å²) in [6, 6.07) is 5.49. The van der Waals surface area contributed by atoms with E-state index in [0.29, 0.717) is 12.0 Å². The van der Waals surface area contributed by atoms with Crippen molar-refractivity contribution in [1.82, 2.24) is 10.2 Å². The summed E-state index contributed by atoms with van der Waals surface area (Å²) in [5.41, 5.74) is 0.453. The van der Waals surface area contributed by atoms with Crippen molar-refractivity contribution in [3.05, 3.63) is 29.6 Å². The van der Waals surface area contributed by atoms with Crippen molar-refractivity contribution in [3.8, 4) is 5.75 Å². The molecule has 1 spiro atoms.